The molecule has 4 rings (SSSR count). The number of alkyl halides is 3. The van der Waals surface area contributed by atoms with Gasteiger partial charge in [0.15, 0.2) is 17.0 Å². The Balaban J connectivity index is 1.65. The lowest BCUT2D eigenvalue weighted by Gasteiger charge is -2.11. The van der Waals surface area contributed by atoms with Crippen LogP contribution in [0, 0.1) is 0 Å². The van der Waals surface area contributed by atoms with Crippen molar-refractivity contribution >= 4 is 43.4 Å². The van der Waals surface area contributed by atoms with E-state index in [1.165, 1.54) is 0 Å². The third-order valence-electron chi connectivity index (χ3n) is 4.62. The van der Waals surface area contributed by atoms with Crippen LogP contribution in [0.3, 0.4) is 0 Å². The summed E-state index contributed by atoms with van der Waals surface area (Å²) in [6, 6.07) is 7.65. The Hall–Kier alpha value is -2.73. The normalized spacial score (nSPS) is 11.8. The predicted octanol–water partition coefficient (Wildman–Crippen LogP) is 4.96. The lowest BCUT2D eigenvalue weighted by molar-refractivity contribution is -0.142. The smallest absolute Gasteiger partial charge is 0.351 e. The number of nitrogens with one attached hydrogen (secondary N) is 1. The van der Waals surface area contributed by atoms with E-state index in [1.807, 2.05) is 4.57 Å². The highest BCUT2D eigenvalue weighted by molar-refractivity contribution is 9.11. The first-order valence-electron chi connectivity index (χ1n) is 9.40. The minimum Gasteiger partial charge on any atom is -0.351 e. The Morgan fingerprint density at radius 2 is 1.91 bits per heavy atom. The van der Waals surface area contributed by atoms with E-state index in [-0.39, 0.29) is 21.5 Å². The number of imidazole rings is 1. The van der Waals surface area contributed by atoms with Crippen molar-refractivity contribution in [1.29, 1.82) is 0 Å². The molecule has 0 bridgehead atoms. The fourth-order valence-corrected chi connectivity index (χ4v) is 3.85. The van der Waals surface area contributed by atoms with E-state index in [2.05, 4.69) is 52.2 Å². The molecule has 0 aliphatic heterocycles. The lowest BCUT2D eigenvalue weighted by atomic mass is 10.1. The van der Waals surface area contributed by atoms with Gasteiger partial charge in [-0.15, -0.1) is 0 Å². The summed E-state index contributed by atoms with van der Waals surface area (Å²) in [4.78, 5) is 20.9. The molecular weight excluding hydrogens is 557 g/mol. The number of aromatic nitrogens is 5. The van der Waals surface area contributed by atoms with Crippen LogP contribution in [-0.2, 0) is 12.7 Å². The van der Waals surface area contributed by atoms with Crippen LogP contribution in [-0.4, -0.2) is 36.6 Å². The number of rotatable bonds is 6. The number of amides is 1. The lowest BCUT2D eigenvalue weighted by Crippen LogP contribution is -2.26. The molecule has 3 aromatic heterocycles. The Kier molecular flexibility index (Phi) is 6.33. The van der Waals surface area contributed by atoms with Crippen LogP contribution in [0.2, 0.25) is 0 Å². The number of hydrogen-bond donors (Lipinski definition) is 1. The highest BCUT2D eigenvalue weighted by Gasteiger charge is 2.36. The van der Waals surface area contributed by atoms with Crippen LogP contribution in [0.1, 0.15) is 22.6 Å². The summed E-state index contributed by atoms with van der Waals surface area (Å²) in [5.74, 6) is -0.591. The van der Waals surface area contributed by atoms with Crippen LogP contribution < -0.4 is 5.32 Å². The van der Waals surface area contributed by atoms with Crippen molar-refractivity contribution in [1.82, 2.24) is 29.5 Å². The number of fused-ring (bicyclic) bond motifs is 1. The minimum atomic E-state index is -4.70. The maximum absolute atomic E-state index is 13.8. The summed E-state index contributed by atoms with van der Waals surface area (Å²) in [5.41, 5.74) is -0.676. The van der Waals surface area contributed by atoms with Crippen molar-refractivity contribution in [3.05, 3.63) is 69.4 Å². The highest BCUT2D eigenvalue weighted by Crippen LogP contribution is 2.34. The third-order valence-corrected chi connectivity index (χ3v) is 5.88. The maximum Gasteiger partial charge on any atom is 0.433 e. The fourth-order valence-electron chi connectivity index (χ4n) is 3.07. The molecule has 0 unspecified atom stereocenters. The third kappa shape index (κ3) is 4.70. The Morgan fingerprint density at radius 1 is 1.16 bits per heavy atom. The topological polar surface area (TPSA) is 77.1 Å². The average Bonchev–Trinajstić information content (AvgIpc) is 3.38. The molecule has 1 amide bonds. The maximum atomic E-state index is 13.8. The number of carbonyl (C=O) groups is 1. The molecule has 0 aliphatic rings. The SMILES string of the molecule is O=C(NCCCn1ccnc1)c1nn2c(C(F)(F)F)cc(-c3ccc(Br)cc3)nc2c1Br. The van der Waals surface area contributed by atoms with Gasteiger partial charge in [0, 0.05) is 35.5 Å². The van der Waals surface area contributed by atoms with E-state index in [0.29, 0.717) is 29.6 Å². The average molecular weight is 572 g/mol. The summed E-state index contributed by atoms with van der Waals surface area (Å²) in [7, 11) is 0. The number of nitrogens with zero attached hydrogens (tertiary/aromatic N) is 5. The van der Waals surface area contributed by atoms with Crippen molar-refractivity contribution in [2.24, 2.45) is 0 Å². The van der Waals surface area contributed by atoms with Gasteiger partial charge in [0.05, 0.1) is 16.5 Å². The first-order valence-corrected chi connectivity index (χ1v) is 11.0. The number of aryl methyl sites for hydroxylation is 1. The molecule has 7 nitrogen and oxygen atoms in total. The van der Waals surface area contributed by atoms with Crippen LogP contribution in [0.25, 0.3) is 16.9 Å². The molecule has 12 heteroatoms. The molecule has 1 aromatic carbocycles. The summed E-state index contributed by atoms with van der Waals surface area (Å²) in [6.45, 7) is 0.962. The van der Waals surface area contributed by atoms with E-state index in [1.54, 1.807) is 43.0 Å². The quantitative estimate of drug-likeness (QED) is 0.332. The molecule has 0 radical (unpaired) electrons. The van der Waals surface area contributed by atoms with Gasteiger partial charge >= 0.3 is 6.18 Å². The summed E-state index contributed by atoms with van der Waals surface area (Å²) >= 11 is 6.52. The van der Waals surface area contributed by atoms with Gasteiger partial charge in [-0.2, -0.15) is 18.3 Å². The molecule has 32 heavy (non-hydrogen) atoms. The van der Waals surface area contributed by atoms with Crippen molar-refractivity contribution in [2.45, 2.75) is 19.1 Å². The Bertz CT molecular complexity index is 1250. The molecule has 0 saturated carbocycles. The molecule has 3 heterocycles. The standard InChI is InChI=1S/C20H15Br2F3N6O/c21-13-4-2-12(3-5-13)14-10-15(20(23,24)25)31-18(28-14)16(22)17(29-31)19(32)27-6-1-8-30-9-7-26-11-30/h2-5,7,9-11H,1,6,8H2,(H,27,32). The summed E-state index contributed by atoms with van der Waals surface area (Å²) in [6.07, 6.45) is 1.03. The first-order chi connectivity index (χ1) is 15.2. The number of hydrogen-bond acceptors (Lipinski definition) is 4. The second-order valence-corrected chi connectivity index (χ2v) is 8.55. The van der Waals surface area contributed by atoms with E-state index in [0.717, 1.165) is 10.5 Å². The van der Waals surface area contributed by atoms with Crippen LogP contribution in [0.5, 0.6) is 0 Å². The van der Waals surface area contributed by atoms with E-state index >= 15 is 0 Å². The van der Waals surface area contributed by atoms with Crippen LogP contribution in [0.4, 0.5) is 13.2 Å². The zero-order valence-corrected chi connectivity index (χ0v) is 19.4. The molecule has 166 valence electrons. The van der Waals surface area contributed by atoms with Gasteiger partial charge in [0.1, 0.15) is 0 Å². The first kappa shape index (κ1) is 22.5. The second kappa shape index (κ2) is 9.02. The molecule has 0 atom stereocenters. The number of benzene rings is 1. The van der Waals surface area contributed by atoms with E-state index < -0.39 is 17.8 Å². The predicted molar refractivity (Wildman–Crippen MR) is 118 cm³/mol. The molecule has 0 saturated heterocycles. The minimum absolute atomic E-state index is 0.0917. The van der Waals surface area contributed by atoms with Gasteiger partial charge in [0.25, 0.3) is 5.91 Å². The molecule has 1 N–H and O–H groups in total. The van der Waals surface area contributed by atoms with Crippen LogP contribution >= 0.6 is 31.9 Å². The molecule has 4 aromatic rings. The second-order valence-electron chi connectivity index (χ2n) is 6.84. The summed E-state index contributed by atoms with van der Waals surface area (Å²) < 4.78 is 44.7. The van der Waals surface area contributed by atoms with Gasteiger partial charge < -0.3 is 9.88 Å². The molecular formula is C20H15Br2F3N6O. The van der Waals surface area contributed by atoms with Crippen molar-refractivity contribution in [3.63, 3.8) is 0 Å². The molecule has 0 fully saturated rings. The zero-order chi connectivity index (χ0) is 22.9. The number of halogens is 5. The van der Waals surface area contributed by atoms with Crippen molar-refractivity contribution < 1.29 is 18.0 Å². The van der Waals surface area contributed by atoms with Crippen molar-refractivity contribution in [2.75, 3.05) is 6.54 Å². The largest absolute Gasteiger partial charge is 0.433 e. The van der Waals surface area contributed by atoms with Gasteiger partial charge in [-0.05, 0) is 40.5 Å². The molecule has 0 spiro atoms. The van der Waals surface area contributed by atoms with Gasteiger partial charge in [-0.1, -0.05) is 28.1 Å². The van der Waals surface area contributed by atoms with Gasteiger partial charge in [-0.3, -0.25) is 4.79 Å². The number of carbonyl (C=O) groups excluding carboxylic acids is 1. The summed E-state index contributed by atoms with van der Waals surface area (Å²) in [5, 5.41) is 6.59. The Labute approximate surface area is 196 Å². The molecule has 0 aliphatic carbocycles. The van der Waals surface area contributed by atoms with Gasteiger partial charge in [0.2, 0.25) is 0 Å². The van der Waals surface area contributed by atoms with E-state index in [4.69, 9.17) is 0 Å². The van der Waals surface area contributed by atoms with Gasteiger partial charge in [-0.25, -0.2) is 14.5 Å². The fraction of sp³-hybridized carbons (Fsp3) is 0.200. The monoisotopic (exact) mass is 570 g/mol. The highest BCUT2D eigenvalue weighted by atomic mass is 79.9. The van der Waals surface area contributed by atoms with Crippen LogP contribution in [0.15, 0.2) is 58.0 Å². The zero-order valence-electron chi connectivity index (χ0n) is 16.3. The Morgan fingerprint density at radius 3 is 2.56 bits per heavy atom. The van der Waals surface area contributed by atoms with Crippen molar-refractivity contribution in [3.8, 4) is 11.3 Å². The van der Waals surface area contributed by atoms with E-state index in [9.17, 15) is 18.0 Å².